The summed E-state index contributed by atoms with van der Waals surface area (Å²) in [5.41, 5.74) is 4.53. The molecule has 0 N–H and O–H groups in total. The van der Waals surface area contributed by atoms with Gasteiger partial charge in [-0.2, -0.15) is 0 Å². The van der Waals surface area contributed by atoms with Crippen LogP contribution >= 0.6 is 15.9 Å². The van der Waals surface area contributed by atoms with Crippen molar-refractivity contribution in [1.82, 2.24) is 4.90 Å². The smallest absolute Gasteiger partial charge is 0.223 e. The van der Waals surface area contributed by atoms with Gasteiger partial charge >= 0.3 is 0 Å². The van der Waals surface area contributed by atoms with Gasteiger partial charge in [0.1, 0.15) is 11.2 Å². The van der Waals surface area contributed by atoms with Gasteiger partial charge in [-0.1, -0.05) is 77.1 Å². The molecule has 3 nitrogen and oxygen atoms in total. The molecule has 1 aromatic heterocycles. The fourth-order valence-corrected chi connectivity index (χ4v) is 4.27. The summed E-state index contributed by atoms with van der Waals surface area (Å²) in [5, 5.41) is 2.13. The molecule has 0 aliphatic heterocycles. The lowest BCUT2D eigenvalue weighted by Crippen LogP contribution is -2.24. The number of rotatable bonds is 5. The zero-order chi connectivity index (χ0) is 20.5. The van der Waals surface area contributed by atoms with Crippen LogP contribution in [0.4, 0.5) is 0 Å². The van der Waals surface area contributed by atoms with E-state index in [9.17, 15) is 4.79 Å². The number of carbonyl (C=O) groups excluding carboxylic acids is 1. The Labute approximate surface area is 178 Å². The Morgan fingerprint density at radius 1 is 1.00 bits per heavy atom. The van der Waals surface area contributed by atoms with Gasteiger partial charge in [0.05, 0.1) is 0 Å². The quantitative estimate of drug-likeness (QED) is 0.344. The van der Waals surface area contributed by atoms with E-state index in [4.69, 9.17) is 4.42 Å². The van der Waals surface area contributed by atoms with E-state index in [-0.39, 0.29) is 11.8 Å². The van der Waals surface area contributed by atoms with Gasteiger partial charge in [0.2, 0.25) is 5.91 Å². The molecular formula is C25H22BrNO2. The van der Waals surface area contributed by atoms with E-state index in [1.807, 2.05) is 54.6 Å². The number of halogens is 1. The fraction of sp³-hybridized carbons (Fsp3) is 0.160. The molecular weight excluding hydrogens is 426 g/mol. The maximum absolute atomic E-state index is 12.7. The van der Waals surface area contributed by atoms with Gasteiger partial charge < -0.3 is 9.32 Å². The van der Waals surface area contributed by atoms with Gasteiger partial charge in [-0.15, -0.1) is 0 Å². The van der Waals surface area contributed by atoms with Crippen LogP contribution in [0.1, 0.15) is 23.5 Å². The molecule has 0 radical (unpaired) electrons. The Morgan fingerprint density at radius 3 is 2.45 bits per heavy atom. The minimum Gasteiger partial charge on any atom is -0.456 e. The number of amides is 1. The monoisotopic (exact) mass is 447 g/mol. The Balaban J connectivity index is 1.90. The summed E-state index contributed by atoms with van der Waals surface area (Å²) in [4.78, 5) is 14.3. The molecule has 29 heavy (non-hydrogen) atoms. The molecule has 1 heterocycles. The highest BCUT2D eigenvalue weighted by Gasteiger charge is 2.26. The molecule has 4 aromatic rings. The van der Waals surface area contributed by atoms with Gasteiger partial charge in [-0.3, -0.25) is 4.79 Å². The number of carbonyl (C=O) groups is 1. The largest absolute Gasteiger partial charge is 0.456 e. The summed E-state index contributed by atoms with van der Waals surface area (Å²) in [6.07, 6.45) is 0.323. The number of nitrogens with zero attached hydrogens (tertiary/aromatic N) is 1. The van der Waals surface area contributed by atoms with E-state index in [1.165, 1.54) is 0 Å². The van der Waals surface area contributed by atoms with Crippen LogP contribution in [0.2, 0.25) is 0 Å². The minimum absolute atomic E-state index is 0.0521. The highest BCUT2D eigenvalue weighted by molar-refractivity contribution is 9.10. The molecule has 0 saturated carbocycles. The van der Waals surface area contributed by atoms with Crippen LogP contribution in [0.3, 0.4) is 0 Å². The first-order chi connectivity index (χ1) is 14.0. The predicted molar refractivity (Wildman–Crippen MR) is 123 cm³/mol. The summed E-state index contributed by atoms with van der Waals surface area (Å²) in [6.45, 7) is 4.39. The zero-order valence-electron chi connectivity index (χ0n) is 16.5. The minimum atomic E-state index is -0.201. The number of allylic oxidation sites excluding steroid dienone is 1. The van der Waals surface area contributed by atoms with Crippen LogP contribution in [0.5, 0.6) is 0 Å². The number of para-hydroxylation sites is 2. The van der Waals surface area contributed by atoms with E-state index >= 15 is 0 Å². The molecule has 0 saturated heterocycles. The van der Waals surface area contributed by atoms with Crippen LogP contribution in [-0.2, 0) is 4.79 Å². The van der Waals surface area contributed by atoms with Gasteiger partial charge in [-0.05, 0) is 23.3 Å². The third-order valence-corrected chi connectivity index (χ3v) is 6.02. The third kappa shape index (κ3) is 3.60. The first kappa shape index (κ1) is 19.5. The SMILES string of the molecule is C=C(c1ccccc1Br)C(CC(=O)N(C)C)c1cccc2c1oc1ccccc12. The molecule has 4 rings (SSSR count). The van der Waals surface area contributed by atoms with Crippen LogP contribution in [-0.4, -0.2) is 24.9 Å². The Bertz CT molecular complexity index is 1220. The van der Waals surface area contributed by atoms with Crippen molar-refractivity contribution in [1.29, 1.82) is 0 Å². The van der Waals surface area contributed by atoms with Crippen molar-refractivity contribution in [3.8, 4) is 0 Å². The molecule has 1 unspecified atom stereocenters. The molecule has 1 atom stereocenters. The van der Waals surface area contributed by atoms with Crippen LogP contribution in [0.15, 0.2) is 82.2 Å². The maximum atomic E-state index is 12.7. The highest BCUT2D eigenvalue weighted by Crippen LogP contribution is 2.41. The molecule has 0 spiro atoms. The lowest BCUT2D eigenvalue weighted by molar-refractivity contribution is -0.128. The number of hydrogen-bond donors (Lipinski definition) is 0. The van der Waals surface area contributed by atoms with E-state index < -0.39 is 0 Å². The number of furan rings is 1. The van der Waals surface area contributed by atoms with Crippen molar-refractivity contribution in [3.63, 3.8) is 0 Å². The number of benzene rings is 3. The molecule has 0 aliphatic rings. The zero-order valence-corrected chi connectivity index (χ0v) is 18.1. The second-order valence-electron chi connectivity index (χ2n) is 7.37. The molecule has 146 valence electrons. The van der Waals surface area contributed by atoms with E-state index in [0.717, 1.165) is 43.1 Å². The van der Waals surface area contributed by atoms with Crippen molar-refractivity contribution in [2.24, 2.45) is 0 Å². The summed E-state index contributed by atoms with van der Waals surface area (Å²) < 4.78 is 7.21. The number of fused-ring (bicyclic) bond motifs is 3. The van der Waals surface area contributed by atoms with Gasteiger partial charge in [0.25, 0.3) is 0 Å². The Hall–Kier alpha value is -2.85. The molecule has 0 bridgehead atoms. The lowest BCUT2D eigenvalue weighted by Gasteiger charge is -2.23. The standard InChI is InChI=1S/C25H22BrNO2/c1-16(17-9-4-6-13-22(17)26)21(15-24(28)27(2)3)20-12-8-11-19-18-10-5-7-14-23(18)29-25(19)20/h4-14,21H,1,15H2,2-3H3. The Morgan fingerprint density at radius 2 is 1.69 bits per heavy atom. The molecule has 3 aromatic carbocycles. The van der Waals surface area contributed by atoms with E-state index in [1.54, 1.807) is 19.0 Å². The van der Waals surface area contributed by atoms with Crippen molar-refractivity contribution < 1.29 is 9.21 Å². The first-order valence-electron chi connectivity index (χ1n) is 9.51. The second kappa shape index (κ2) is 7.88. The average molecular weight is 448 g/mol. The fourth-order valence-electron chi connectivity index (χ4n) is 3.73. The summed E-state index contributed by atoms with van der Waals surface area (Å²) >= 11 is 3.63. The highest BCUT2D eigenvalue weighted by atomic mass is 79.9. The van der Waals surface area contributed by atoms with Crippen LogP contribution in [0, 0.1) is 0 Å². The average Bonchev–Trinajstić information content (AvgIpc) is 3.10. The van der Waals surface area contributed by atoms with Crippen molar-refractivity contribution in [2.45, 2.75) is 12.3 Å². The molecule has 4 heteroatoms. The van der Waals surface area contributed by atoms with Crippen LogP contribution in [0.25, 0.3) is 27.5 Å². The van der Waals surface area contributed by atoms with E-state index in [2.05, 4.69) is 34.6 Å². The summed E-state index contributed by atoms with van der Waals surface area (Å²) in [7, 11) is 3.56. The normalized spacial score (nSPS) is 12.2. The third-order valence-electron chi connectivity index (χ3n) is 5.33. The molecule has 0 aliphatic carbocycles. The summed E-state index contributed by atoms with van der Waals surface area (Å²) in [6, 6.07) is 22.1. The van der Waals surface area contributed by atoms with Crippen molar-refractivity contribution in [3.05, 3.63) is 88.9 Å². The molecule has 1 amide bonds. The maximum Gasteiger partial charge on any atom is 0.223 e. The van der Waals surface area contributed by atoms with Gasteiger partial charge in [0.15, 0.2) is 0 Å². The van der Waals surface area contributed by atoms with E-state index in [0.29, 0.717) is 6.42 Å². The summed E-state index contributed by atoms with van der Waals surface area (Å²) in [5.74, 6) is -0.149. The van der Waals surface area contributed by atoms with Gasteiger partial charge in [-0.25, -0.2) is 0 Å². The van der Waals surface area contributed by atoms with Crippen molar-refractivity contribution >= 4 is 49.3 Å². The van der Waals surface area contributed by atoms with Crippen LogP contribution < -0.4 is 0 Å². The second-order valence-corrected chi connectivity index (χ2v) is 8.23. The first-order valence-corrected chi connectivity index (χ1v) is 10.3. The number of hydrogen-bond acceptors (Lipinski definition) is 2. The molecule has 0 fully saturated rings. The lowest BCUT2D eigenvalue weighted by atomic mass is 9.84. The van der Waals surface area contributed by atoms with Crippen molar-refractivity contribution in [2.75, 3.05) is 14.1 Å². The predicted octanol–water partition coefficient (Wildman–Crippen LogP) is 6.62. The Kier molecular flexibility index (Phi) is 5.29. The topological polar surface area (TPSA) is 33.5 Å². The van der Waals surface area contributed by atoms with Gasteiger partial charge in [0, 0.05) is 47.2 Å².